The highest BCUT2D eigenvalue weighted by molar-refractivity contribution is 7.80. The predicted octanol–water partition coefficient (Wildman–Crippen LogP) is 11.5. The van der Waals surface area contributed by atoms with Crippen molar-refractivity contribution in [2.45, 2.75) is 275 Å². The molecule has 0 aliphatic carbocycles. The van der Waals surface area contributed by atoms with Gasteiger partial charge in [0.2, 0.25) is 5.91 Å². The van der Waals surface area contributed by atoms with Crippen LogP contribution in [0.4, 0.5) is 0 Å². The summed E-state index contributed by atoms with van der Waals surface area (Å²) in [7, 11) is -5.13. The van der Waals surface area contributed by atoms with E-state index in [0.717, 1.165) is 44.9 Å². The summed E-state index contributed by atoms with van der Waals surface area (Å²) in [5.74, 6) is -0.719. The summed E-state index contributed by atoms with van der Waals surface area (Å²) in [5.41, 5.74) is 0. The number of aliphatic hydroxyl groups excluding tert-OH is 5. The third-order valence-corrected chi connectivity index (χ3v) is 13.4. The average Bonchev–Trinajstić information content (AvgIpc) is 3.33. The third kappa shape index (κ3) is 36.6. The molecule has 0 aromatic carbocycles. The monoisotopic (exact) mass is 1010 g/mol. The molecule has 1 saturated heterocycles. The zero-order valence-corrected chi connectivity index (χ0v) is 44.5. The van der Waals surface area contributed by atoms with Crippen LogP contribution in [0.3, 0.4) is 0 Å². The number of hydrogen-bond donors (Lipinski definition) is 7. The van der Waals surface area contributed by atoms with Gasteiger partial charge < -0.3 is 40.3 Å². The van der Waals surface area contributed by atoms with Crippen LogP contribution >= 0.6 is 0 Å². The minimum Gasteiger partial charge on any atom is -0.394 e. The molecule has 70 heavy (non-hydrogen) atoms. The van der Waals surface area contributed by atoms with Crippen LogP contribution in [0.2, 0.25) is 0 Å². The van der Waals surface area contributed by atoms with Crippen LogP contribution in [0.1, 0.15) is 226 Å². The number of unbranched alkanes of at least 4 members (excludes halogenated alkanes) is 27. The van der Waals surface area contributed by atoms with Gasteiger partial charge in [0.15, 0.2) is 6.29 Å². The minimum absolute atomic E-state index is 0.232. The van der Waals surface area contributed by atoms with Gasteiger partial charge in [0.05, 0.1) is 25.4 Å². The summed E-state index contributed by atoms with van der Waals surface area (Å²) < 4.78 is 47.5. The summed E-state index contributed by atoms with van der Waals surface area (Å²) in [4.78, 5) is 13.1. The maximum Gasteiger partial charge on any atom is 0.397 e. The van der Waals surface area contributed by atoms with Crippen LogP contribution in [-0.2, 0) is 28.9 Å². The van der Waals surface area contributed by atoms with E-state index >= 15 is 0 Å². The van der Waals surface area contributed by atoms with E-state index in [4.69, 9.17) is 9.47 Å². The lowest BCUT2D eigenvalue weighted by Gasteiger charge is -2.41. The van der Waals surface area contributed by atoms with Crippen LogP contribution in [0.25, 0.3) is 0 Å². The minimum atomic E-state index is -5.13. The molecule has 8 unspecified atom stereocenters. The zero-order chi connectivity index (χ0) is 51.3. The first-order chi connectivity index (χ1) is 33.9. The third-order valence-electron chi connectivity index (χ3n) is 13.0. The van der Waals surface area contributed by atoms with Gasteiger partial charge in [-0.2, -0.15) is 8.42 Å². The maximum atomic E-state index is 13.1. The van der Waals surface area contributed by atoms with Gasteiger partial charge in [-0.05, 0) is 71.1 Å². The number of hydrogen-bond acceptors (Lipinski definition) is 11. The molecule has 1 aliphatic rings. The standard InChI is InChI=1S/C56H101NO12S/c1-3-5-7-9-11-13-14-15-16-17-18-19-20-21-22-23-24-25-26-27-28-29-30-31-32-33-34-35-37-39-41-43-45-50(60)55(63)57-48(49(59)44-42-40-38-36-12-10-8-6-4-2)47-67-56-53(62)54(69-70(64,65)66)52(61)51(46-58)68-56/h4,6,12,18-19,21-22,36,42,44,48-54,56,58-62H,3,5,7-11,13-17,20,23-35,37-41,43,45-47H2,1-2H3,(H,57,63)(H,64,65,66)/b6-4+,19-18-,22-21-,36-12+,44-42+. The van der Waals surface area contributed by atoms with E-state index in [2.05, 4.69) is 52.9 Å². The molecule has 0 radical (unpaired) electrons. The first-order valence-electron chi connectivity index (χ1n) is 27.7. The molecule has 1 rings (SSSR count). The van der Waals surface area contributed by atoms with Crippen molar-refractivity contribution in [1.82, 2.24) is 5.32 Å². The Morgan fingerprint density at radius 1 is 0.614 bits per heavy atom. The van der Waals surface area contributed by atoms with E-state index < -0.39 is 78.5 Å². The number of amides is 1. The molecular formula is C56H101NO12S. The molecule has 1 aliphatic heterocycles. The van der Waals surface area contributed by atoms with Crippen molar-refractivity contribution in [2.24, 2.45) is 0 Å². The van der Waals surface area contributed by atoms with Gasteiger partial charge in [-0.3, -0.25) is 9.35 Å². The summed E-state index contributed by atoms with van der Waals surface area (Å²) >= 11 is 0. The summed E-state index contributed by atoms with van der Waals surface area (Å²) in [6, 6.07) is -1.14. The molecule has 0 saturated carbocycles. The molecule has 1 amide bonds. The van der Waals surface area contributed by atoms with Gasteiger partial charge in [-0.1, -0.05) is 215 Å². The van der Waals surface area contributed by atoms with Gasteiger partial charge in [0.25, 0.3) is 0 Å². The van der Waals surface area contributed by atoms with Crippen LogP contribution in [0.5, 0.6) is 0 Å². The first kappa shape index (κ1) is 65.8. The number of carbonyl (C=O) groups excluding carboxylic acids is 1. The fourth-order valence-electron chi connectivity index (χ4n) is 8.59. The first-order valence-corrected chi connectivity index (χ1v) is 29.1. The predicted molar refractivity (Wildman–Crippen MR) is 283 cm³/mol. The lowest BCUT2D eigenvalue weighted by molar-refractivity contribution is -0.298. The number of rotatable bonds is 47. The summed E-state index contributed by atoms with van der Waals surface area (Å²) in [6.07, 6.45) is 48.0. The highest BCUT2D eigenvalue weighted by Gasteiger charge is 2.48. The largest absolute Gasteiger partial charge is 0.397 e. The quantitative estimate of drug-likeness (QED) is 0.0172. The molecule has 0 aromatic rings. The highest BCUT2D eigenvalue weighted by atomic mass is 32.3. The second kappa shape index (κ2) is 45.4. The topological polar surface area (TPSA) is 212 Å². The van der Waals surface area contributed by atoms with E-state index in [0.29, 0.717) is 12.8 Å². The molecule has 8 atom stereocenters. The molecular weight excluding hydrogens is 911 g/mol. The maximum absolute atomic E-state index is 13.1. The van der Waals surface area contributed by atoms with Crippen LogP contribution in [0.15, 0.2) is 60.8 Å². The lowest BCUT2D eigenvalue weighted by atomic mass is 9.99. The Kier molecular flexibility index (Phi) is 42.6. The summed E-state index contributed by atoms with van der Waals surface area (Å²) in [6.45, 7) is 2.96. The van der Waals surface area contributed by atoms with Crippen molar-refractivity contribution in [3.05, 3.63) is 60.8 Å². The molecule has 0 spiro atoms. The van der Waals surface area contributed by atoms with E-state index in [-0.39, 0.29) is 6.42 Å². The van der Waals surface area contributed by atoms with Crippen molar-refractivity contribution < 1.29 is 57.0 Å². The Labute approximate surface area is 425 Å². The number of aliphatic hydroxyl groups is 5. The molecule has 7 N–H and O–H groups in total. The van der Waals surface area contributed by atoms with Crippen molar-refractivity contribution in [1.29, 1.82) is 0 Å². The fourth-order valence-corrected chi connectivity index (χ4v) is 9.10. The highest BCUT2D eigenvalue weighted by Crippen LogP contribution is 2.26. The smallest absolute Gasteiger partial charge is 0.394 e. The molecule has 1 fully saturated rings. The summed E-state index contributed by atoms with van der Waals surface area (Å²) in [5, 5.41) is 55.1. The second-order valence-corrected chi connectivity index (χ2v) is 20.4. The number of nitrogens with one attached hydrogen (secondary N) is 1. The Morgan fingerprint density at radius 3 is 1.53 bits per heavy atom. The molecule has 1 heterocycles. The van der Waals surface area contributed by atoms with Crippen molar-refractivity contribution in [3.8, 4) is 0 Å². The molecule has 0 bridgehead atoms. The van der Waals surface area contributed by atoms with E-state index in [1.165, 1.54) is 154 Å². The molecule has 13 nitrogen and oxygen atoms in total. The molecule has 0 aromatic heterocycles. The second-order valence-electron chi connectivity index (χ2n) is 19.3. The SMILES string of the molecule is C/C=C/CC/C=C/CC/C=C/C(O)C(COC1OC(CO)C(O)C(OS(=O)(=O)O)C1O)NC(=O)C(O)CCCCCCCCCCCCCCCCCC/C=C\C/C=C\CCCCCCCCCCC. The van der Waals surface area contributed by atoms with E-state index in [1.54, 1.807) is 6.08 Å². The van der Waals surface area contributed by atoms with Crippen LogP contribution in [0, 0.1) is 0 Å². The van der Waals surface area contributed by atoms with Gasteiger partial charge in [0, 0.05) is 0 Å². The Morgan fingerprint density at radius 2 is 1.06 bits per heavy atom. The number of ether oxygens (including phenoxy) is 2. The lowest BCUT2D eigenvalue weighted by Crippen LogP contribution is -2.61. The van der Waals surface area contributed by atoms with E-state index in [9.17, 15) is 43.3 Å². The van der Waals surface area contributed by atoms with Gasteiger partial charge >= 0.3 is 10.4 Å². The van der Waals surface area contributed by atoms with Gasteiger partial charge in [-0.15, -0.1) is 0 Å². The van der Waals surface area contributed by atoms with Gasteiger partial charge in [0.1, 0.15) is 30.5 Å². The Hall–Kier alpha value is -2.24. The van der Waals surface area contributed by atoms with Gasteiger partial charge in [-0.25, -0.2) is 4.18 Å². The van der Waals surface area contributed by atoms with Crippen LogP contribution < -0.4 is 5.32 Å². The Balaban J connectivity index is 2.25. The number of carbonyl (C=O) groups is 1. The molecule has 14 heteroatoms. The normalized spacial score (nSPS) is 20.5. The average molecular weight is 1010 g/mol. The van der Waals surface area contributed by atoms with Crippen molar-refractivity contribution in [2.75, 3.05) is 13.2 Å². The fraction of sp³-hybridized carbons (Fsp3) is 0.804. The zero-order valence-electron chi connectivity index (χ0n) is 43.7. The van der Waals surface area contributed by atoms with Crippen LogP contribution in [-0.4, -0.2) is 107 Å². The van der Waals surface area contributed by atoms with Crippen molar-refractivity contribution in [3.63, 3.8) is 0 Å². The number of allylic oxidation sites excluding steroid dienone is 9. The van der Waals surface area contributed by atoms with Crippen molar-refractivity contribution >= 4 is 16.3 Å². The Bertz CT molecular complexity index is 1490. The van der Waals surface area contributed by atoms with E-state index in [1.807, 2.05) is 19.1 Å². The molecule has 408 valence electrons.